The molecular weight excluding hydrogens is 502 g/mol. The molecule has 7 nitrogen and oxygen atoms in total. The molecule has 4 aromatic carbocycles. The fourth-order valence-electron chi connectivity index (χ4n) is 4.84. The summed E-state index contributed by atoms with van der Waals surface area (Å²) in [7, 11) is 0. The second-order valence-corrected chi connectivity index (χ2v) is 9.90. The lowest BCUT2D eigenvalue weighted by Gasteiger charge is -2.18. The van der Waals surface area contributed by atoms with Gasteiger partial charge in [0.05, 0.1) is 23.7 Å². The number of ether oxygens (including phenoxy) is 2. The quantitative estimate of drug-likeness (QED) is 0.130. The van der Waals surface area contributed by atoms with Crippen molar-refractivity contribution < 1.29 is 14.3 Å². The van der Waals surface area contributed by atoms with Crippen molar-refractivity contribution in [3.63, 3.8) is 0 Å². The van der Waals surface area contributed by atoms with E-state index in [0.29, 0.717) is 34.6 Å². The topological polar surface area (TPSA) is 82.8 Å². The normalized spacial score (nSPS) is 11.6. The molecule has 0 N–H and O–H groups in total. The van der Waals surface area contributed by atoms with Crippen LogP contribution in [-0.2, 0) is 4.79 Å². The summed E-state index contributed by atoms with van der Waals surface area (Å²) in [5.41, 5.74) is 3.58. The molecule has 5 rings (SSSR count). The lowest BCUT2D eigenvalue weighted by atomic mass is 9.96. The molecule has 0 saturated heterocycles. The van der Waals surface area contributed by atoms with E-state index in [0.717, 1.165) is 33.2 Å². The molecule has 0 radical (unpaired) electrons. The molecule has 0 bridgehead atoms. The number of fused-ring (bicyclic) bond motifs is 2. The molecule has 7 heteroatoms. The van der Waals surface area contributed by atoms with Crippen molar-refractivity contribution in [1.29, 1.82) is 0 Å². The van der Waals surface area contributed by atoms with Crippen LogP contribution >= 0.6 is 0 Å². The van der Waals surface area contributed by atoms with Gasteiger partial charge in [0.15, 0.2) is 5.82 Å². The first-order valence-corrected chi connectivity index (χ1v) is 13.3. The van der Waals surface area contributed by atoms with Crippen molar-refractivity contribution in [3.05, 3.63) is 99.8 Å². The molecule has 40 heavy (non-hydrogen) atoms. The van der Waals surface area contributed by atoms with Gasteiger partial charge in [-0.25, -0.2) is 4.98 Å². The van der Waals surface area contributed by atoms with Crippen molar-refractivity contribution in [2.24, 2.45) is 5.10 Å². The summed E-state index contributed by atoms with van der Waals surface area (Å²) in [5.74, 6) is 1.33. The van der Waals surface area contributed by atoms with Crippen LogP contribution in [0.15, 0.2) is 82.7 Å². The molecule has 1 heterocycles. The van der Waals surface area contributed by atoms with Gasteiger partial charge in [0.2, 0.25) is 0 Å². The zero-order valence-corrected chi connectivity index (χ0v) is 23.3. The zero-order chi connectivity index (χ0) is 28.4. The number of para-hydroxylation sites is 1. The largest absolute Gasteiger partial charge is 0.494 e. The Bertz CT molecular complexity index is 1840. The van der Waals surface area contributed by atoms with Crippen LogP contribution < -0.4 is 15.0 Å². The van der Waals surface area contributed by atoms with E-state index in [4.69, 9.17) is 14.5 Å². The molecule has 0 spiro atoms. The Balaban J connectivity index is 1.78. The first-order valence-electron chi connectivity index (χ1n) is 13.3. The van der Waals surface area contributed by atoms with Crippen molar-refractivity contribution in [3.8, 4) is 22.9 Å². The number of hydrogen-bond acceptors (Lipinski definition) is 6. The molecule has 0 atom stereocenters. The minimum atomic E-state index is -0.443. The van der Waals surface area contributed by atoms with E-state index >= 15 is 0 Å². The van der Waals surface area contributed by atoms with Crippen LogP contribution in [0.4, 0.5) is 0 Å². The lowest BCUT2D eigenvalue weighted by Crippen LogP contribution is -2.21. The molecule has 0 saturated carbocycles. The van der Waals surface area contributed by atoms with E-state index < -0.39 is 5.97 Å². The third-order valence-corrected chi connectivity index (χ3v) is 6.76. The summed E-state index contributed by atoms with van der Waals surface area (Å²) in [6.45, 7) is 10.0. The van der Waals surface area contributed by atoms with Gasteiger partial charge in [-0.2, -0.15) is 9.78 Å². The molecular formula is C33H31N3O4. The van der Waals surface area contributed by atoms with Gasteiger partial charge in [-0.15, -0.1) is 0 Å². The Morgan fingerprint density at radius 2 is 1.73 bits per heavy atom. The maximum Gasteiger partial charge on any atom is 0.308 e. The van der Waals surface area contributed by atoms with E-state index in [1.807, 2.05) is 74.5 Å². The minimum Gasteiger partial charge on any atom is -0.494 e. The number of nitrogens with zero attached hydrogens (tertiary/aromatic N) is 3. The Hall–Kier alpha value is -4.78. The molecule has 0 amide bonds. The Morgan fingerprint density at radius 1 is 1.00 bits per heavy atom. The number of hydrogen-bond donors (Lipinski definition) is 0. The monoisotopic (exact) mass is 533 g/mol. The maximum atomic E-state index is 13.9. The number of rotatable bonds is 7. The van der Waals surface area contributed by atoms with Crippen molar-refractivity contribution in [1.82, 2.24) is 9.66 Å². The molecule has 0 unspecified atom stereocenters. The van der Waals surface area contributed by atoms with Crippen LogP contribution in [0.1, 0.15) is 50.3 Å². The number of benzene rings is 4. The summed E-state index contributed by atoms with van der Waals surface area (Å²) < 4.78 is 12.8. The standard InChI is InChI=1S/C33H31N3O4/c1-6-39-31-17-21(4)27(18-26(31)20(2)3)32-35-29-14-10-9-13-25(29)33(38)36(32)34-19-28-24-12-8-7-11-23(24)15-16-30(28)40-22(5)37/h7-20H,6H2,1-5H3. The zero-order valence-electron chi connectivity index (χ0n) is 23.3. The molecule has 0 aliphatic heterocycles. The van der Waals surface area contributed by atoms with Gasteiger partial charge in [-0.3, -0.25) is 9.59 Å². The van der Waals surface area contributed by atoms with E-state index in [2.05, 4.69) is 18.9 Å². The van der Waals surface area contributed by atoms with Gasteiger partial charge < -0.3 is 9.47 Å². The molecule has 0 aliphatic carbocycles. The van der Waals surface area contributed by atoms with Crippen LogP contribution in [0.25, 0.3) is 33.1 Å². The molecule has 5 aromatic rings. The fraction of sp³-hybridized carbons (Fsp3) is 0.212. The lowest BCUT2D eigenvalue weighted by molar-refractivity contribution is -0.131. The number of esters is 1. The highest BCUT2D eigenvalue weighted by Crippen LogP contribution is 2.34. The Morgan fingerprint density at radius 3 is 2.45 bits per heavy atom. The second-order valence-electron chi connectivity index (χ2n) is 9.90. The highest BCUT2D eigenvalue weighted by molar-refractivity contribution is 6.03. The minimum absolute atomic E-state index is 0.187. The van der Waals surface area contributed by atoms with Gasteiger partial charge >= 0.3 is 5.97 Å². The predicted octanol–water partition coefficient (Wildman–Crippen LogP) is 6.85. The summed E-state index contributed by atoms with van der Waals surface area (Å²) in [5, 5.41) is 6.93. The van der Waals surface area contributed by atoms with Crippen molar-refractivity contribution in [2.75, 3.05) is 6.61 Å². The van der Waals surface area contributed by atoms with E-state index in [-0.39, 0.29) is 11.5 Å². The SMILES string of the molecule is CCOc1cc(C)c(-c2nc3ccccc3c(=O)n2N=Cc2c(OC(C)=O)ccc3ccccc23)cc1C(C)C. The van der Waals surface area contributed by atoms with E-state index in [9.17, 15) is 9.59 Å². The van der Waals surface area contributed by atoms with Crippen LogP contribution in [0.3, 0.4) is 0 Å². The van der Waals surface area contributed by atoms with Gasteiger partial charge in [-0.05, 0) is 72.0 Å². The first kappa shape index (κ1) is 26.8. The fourth-order valence-corrected chi connectivity index (χ4v) is 4.84. The third-order valence-electron chi connectivity index (χ3n) is 6.76. The smallest absolute Gasteiger partial charge is 0.308 e. The van der Waals surface area contributed by atoms with E-state index in [1.165, 1.54) is 11.6 Å². The predicted molar refractivity (Wildman–Crippen MR) is 160 cm³/mol. The Labute approximate surface area is 232 Å². The van der Waals surface area contributed by atoms with Crippen LogP contribution in [-0.4, -0.2) is 28.5 Å². The number of aryl methyl sites for hydroxylation is 1. The van der Waals surface area contributed by atoms with E-state index in [1.54, 1.807) is 18.3 Å². The van der Waals surface area contributed by atoms with Crippen molar-refractivity contribution in [2.45, 2.75) is 40.5 Å². The van der Waals surface area contributed by atoms with Gasteiger partial charge in [0.25, 0.3) is 5.56 Å². The highest BCUT2D eigenvalue weighted by atomic mass is 16.5. The van der Waals surface area contributed by atoms with Gasteiger partial charge in [0, 0.05) is 18.1 Å². The summed E-state index contributed by atoms with van der Waals surface area (Å²) in [6.07, 6.45) is 1.56. The molecule has 202 valence electrons. The second kappa shape index (κ2) is 11.1. The summed E-state index contributed by atoms with van der Waals surface area (Å²) in [4.78, 5) is 30.7. The number of carbonyl (C=O) groups excluding carboxylic acids is 1. The van der Waals surface area contributed by atoms with Gasteiger partial charge in [-0.1, -0.05) is 56.3 Å². The average Bonchev–Trinajstić information content (AvgIpc) is 2.93. The van der Waals surface area contributed by atoms with Crippen LogP contribution in [0, 0.1) is 6.92 Å². The maximum absolute atomic E-state index is 13.9. The number of carbonyl (C=O) groups is 1. The van der Waals surface area contributed by atoms with Crippen LogP contribution in [0.2, 0.25) is 0 Å². The third kappa shape index (κ3) is 5.10. The Kier molecular flexibility index (Phi) is 7.47. The number of aromatic nitrogens is 2. The summed E-state index contributed by atoms with van der Waals surface area (Å²) >= 11 is 0. The molecule has 0 aliphatic rings. The first-order chi connectivity index (χ1) is 19.3. The van der Waals surface area contributed by atoms with Crippen molar-refractivity contribution >= 4 is 33.9 Å². The molecule has 1 aromatic heterocycles. The van der Waals surface area contributed by atoms with Crippen LogP contribution in [0.5, 0.6) is 11.5 Å². The average molecular weight is 534 g/mol. The summed E-state index contributed by atoms with van der Waals surface area (Å²) in [6, 6.07) is 22.6. The van der Waals surface area contributed by atoms with Gasteiger partial charge in [0.1, 0.15) is 11.5 Å². The molecule has 0 fully saturated rings. The highest BCUT2D eigenvalue weighted by Gasteiger charge is 2.19.